The van der Waals surface area contributed by atoms with Gasteiger partial charge in [-0.2, -0.15) is 4.39 Å². The molecule has 0 spiro atoms. The van der Waals surface area contributed by atoms with Crippen molar-refractivity contribution in [2.75, 3.05) is 0 Å². The zero-order valence-electron chi connectivity index (χ0n) is 8.42. The van der Waals surface area contributed by atoms with Crippen molar-refractivity contribution in [1.29, 1.82) is 0 Å². The Morgan fingerprint density at radius 3 is 2.59 bits per heavy atom. The Balaban J connectivity index is 2.33. The van der Waals surface area contributed by atoms with E-state index in [1.807, 2.05) is 0 Å². The third-order valence-electron chi connectivity index (χ3n) is 1.90. The zero-order chi connectivity index (χ0) is 12.3. The summed E-state index contributed by atoms with van der Waals surface area (Å²) in [5.74, 6) is 4.08. The van der Waals surface area contributed by atoms with E-state index in [4.69, 9.17) is 11.6 Å². The molecule has 0 saturated carbocycles. The largest absolute Gasteiger partial charge is 0.245 e. The molecule has 2 nitrogen and oxygen atoms in total. The van der Waals surface area contributed by atoms with E-state index < -0.39 is 11.8 Å². The van der Waals surface area contributed by atoms with Crippen LogP contribution >= 0.6 is 11.6 Å². The Bertz CT molecular complexity index is 600. The van der Waals surface area contributed by atoms with Gasteiger partial charge < -0.3 is 0 Å². The summed E-state index contributed by atoms with van der Waals surface area (Å²) in [7, 11) is 0. The minimum absolute atomic E-state index is 0.137. The fourth-order valence-corrected chi connectivity index (χ4v) is 1.25. The molecular weight excluding hydrogens is 246 g/mol. The molecule has 2 aromatic heterocycles. The van der Waals surface area contributed by atoms with Gasteiger partial charge in [-0.3, -0.25) is 0 Å². The SMILES string of the molecule is Fc1ccc(C#Cc2ccnc(F)c2Cl)nc1. The van der Waals surface area contributed by atoms with Gasteiger partial charge in [0.1, 0.15) is 16.5 Å². The van der Waals surface area contributed by atoms with Crippen LogP contribution < -0.4 is 0 Å². The molecule has 0 radical (unpaired) electrons. The molecule has 0 aliphatic carbocycles. The van der Waals surface area contributed by atoms with E-state index in [1.54, 1.807) is 0 Å². The summed E-state index contributed by atoms with van der Waals surface area (Å²) in [6.07, 6.45) is 2.32. The van der Waals surface area contributed by atoms with E-state index in [-0.39, 0.29) is 5.02 Å². The van der Waals surface area contributed by atoms with E-state index in [0.29, 0.717) is 11.3 Å². The maximum absolute atomic E-state index is 13.0. The molecule has 17 heavy (non-hydrogen) atoms. The second-order valence-electron chi connectivity index (χ2n) is 3.07. The second kappa shape index (κ2) is 4.89. The van der Waals surface area contributed by atoms with Crippen LogP contribution in [0.4, 0.5) is 8.78 Å². The highest BCUT2D eigenvalue weighted by molar-refractivity contribution is 6.31. The lowest BCUT2D eigenvalue weighted by Gasteiger charge is -1.95. The molecule has 2 aromatic rings. The fourth-order valence-electron chi connectivity index (χ4n) is 1.10. The van der Waals surface area contributed by atoms with Crippen LogP contribution in [0.3, 0.4) is 0 Å². The lowest BCUT2D eigenvalue weighted by atomic mass is 10.2. The van der Waals surface area contributed by atoms with Gasteiger partial charge in [-0.05, 0) is 24.1 Å². The number of hydrogen-bond donors (Lipinski definition) is 0. The van der Waals surface area contributed by atoms with Gasteiger partial charge in [0, 0.05) is 11.8 Å². The molecule has 0 N–H and O–H groups in total. The third kappa shape index (κ3) is 2.77. The van der Waals surface area contributed by atoms with Gasteiger partial charge in [-0.15, -0.1) is 0 Å². The number of nitrogens with zero attached hydrogens (tertiary/aromatic N) is 2. The van der Waals surface area contributed by atoms with Crippen LogP contribution in [0.15, 0.2) is 30.6 Å². The highest BCUT2D eigenvalue weighted by atomic mass is 35.5. The van der Waals surface area contributed by atoms with Gasteiger partial charge in [0.05, 0.1) is 6.20 Å². The highest BCUT2D eigenvalue weighted by Gasteiger charge is 2.03. The van der Waals surface area contributed by atoms with Crippen LogP contribution in [-0.2, 0) is 0 Å². The molecule has 0 aromatic carbocycles. The molecule has 2 heterocycles. The summed E-state index contributed by atoms with van der Waals surface area (Å²) in [4.78, 5) is 7.12. The smallest absolute Gasteiger partial charge is 0.232 e. The summed E-state index contributed by atoms with van der Waals surface area (Å²) in [6.45, 7) is 0. The summed E-state index contributed by atoms with van der Waals surface area (Å²) in [6, 6.07) is 4.15. The van der Waals surface area contributed by atoms with Crippen LogP contribution in [0.2, 0.25) is 5.02 Å². The monoisotopic (exact) mass is 250 g/mol. The zero-order valence-corrected chi connectivity index (χ0v) is 9.17. The standard InChI is InChI=1S/C12H5ClF2N2/c13-11-8(5-6-16-12(11)15)1-3-10-4-2-9(14)7-17-10/h2,4-7H. The molecule has 0 saturated heterocycles. The number of aromatic nitrogens is 2. The van der Waals surface area contributed by atoms with E-state index in [1.165, 1.54) is 24.4 Å². The van der Waals surface area contributed by atoms with Crippen molar-refractivity contribution in [3.8, 4) is 11.8 Å². The van der Waals surface area contributed by atoms with E-state index in [9.17, 15) is 8.78 Å². The van der Waals surface area contributed by atoms with Gasteiger partial charge in [-0.1, -0.05) is 17.5 Å². The van der Waals surface area contributed by atoms with Gasteiger partial charge in [0.2, 0.25) is 5.95 Å². The number of pyridine rings is 2. The van der Waals surface area contributed by atoms with E-state index in [2.05, 4.69) is 21.8 Å². The maximum Gasteiger partial charge on any atom is 0.232 e. The molecule has 84 valence electrons. The fraction of sp³-hybridized carbons (Fsp3) is 0. The lowest BCUT2D eigenvalue weighted by molar-refractivity contribution is 0.584. The van der Waals surface area contributed by atoms with Crippen molar-refractivity contribution in [2.24, 2.45) is 0 Å². The molecule has 0 aliphatic heterocycles. The molecule has 5 heteroatoms. The Hall–Kier alpha value is -1.99. The molecule has 0 atom stereocenters. The number of rotatable bonds is 0. The van der Waals surface area contributed by atoms with Crippen molar-refractivity contribution in [3.63, 3.8) is 0 Å². The second-order valence-corrected chi connectivity index (χ2v) is 3.45. The van der Waals surface area contributed by atoms with Crippen LogP contribution in [-0.4, -0.2) is 9.97 Å². The number of halogens is 3. The molecule has 0 amide bonds. The van der Waals surface area contributed by atoms with Gasteiger partial charge in [0.15, 0.2) is 0 Å². The average Bonchev–Trinajstić information content (AvgIpc) is 2.33. The maximum atomic E-state index is 13.0. The molecule has 0 fully saturated rings. The topological polar surface area (TPSA) is 25.8 Å². The quantitative estimate of drug-likeness (QED) is 0.531. The first-order valence-electron chi connectivity index (χ1n) is 4.60. The van der Waals surface area contributed by atoms with Crippen molar-refractivity contribution < 1.29 is 8.78 Å². The predicted molar refractivity (Wildman–Crippen MR) is 59.4 cm³/mol. The summed E-state index contributed by atoms with van der Waals surface area (Å²) in [5.41, 5.74) is 0.685. The lowest BCUT2D eigenvalue weighted by Crippen LogP contribution is -1.88. The molecule has 0 aliphatic rings. The summed E-state index contributed by atoms with van der Waals surface area (Å²) >= 11 is 5.66. The third-order valence-corrected chi connectivity index (χ3v) is 2.26. The Labute approximate surface area is 101 Å². The van der Waals surface area contributed by atoms with Crippen LogP contribution in [0.5, 0.6) is 0 Å². The Morgan fingerprint density at radius 2 is 1.88 bits per heavy atom. The van der Waals surface area contributed by atoms with E-state index in [0.717, 1.165) is 6.20 Å². The van der Waals surface area contributed by atoms with Gasteiger partial charge >= 0.3 is 0 Å². The van der Waals surface area contributed by atoms with Gasteiger partial charge in [-0.25, -0.2) is 14.4 Å². The molecular formula is C12H5ClF2N2. The first-order valence-corrected chi connectivity index (χ1v) is 4.98. The first-order chi connectivity index (χ1) is 8.16. The molecule has 0 bridgehead atoms. The molecule has 2 rings (SSSR count). The van der Waals surface area contributed by atoms with Crippen LogP contribution in [0.25, 0.3) is 0 Å². The minimum Gasteiger partial charge on any atom is -0.245 e. The summed E-state index contributed by atoms with van der Waals surface area (Å²) in [5, 5.41) is -0.137. The first kappa shape index (κ1) is 11.5. The van der Waals surface area contributed by atoms with E-state index >= 15 is 0 Å². The minimum atomic E-state index is -0.773. The van der Waals surface area contributed by atoms with Crippen molar-refractivity contribution in [1.82, 2.24) is 9.97 Å². The van der Waals surface area contributed by atoms with Crippen LogP contribution in [0.1, 0.15) is 11.3 Å². The highest BCUT2D eigenvalue weighted by Crippen LogP contribution is 2.16. The average molecular weight is 251 g/mol. The van der Waals surface area contributed by atoms with Crippen LogP contribution in [0, 0.1) is 23.6 Å². The number of hydrogen-bond acceptors (Lipinski definition) is 2. The summed E-state index contributed by atoms with van der Waals surface area (Å²) < 4.78 is 25.6. The molecule has 0 unspecified atom stereocenters. The normalized spacial score (nSPS) is 9.59. The Kier molecular flexibility index (Phi) is 3.31. The van der Waals surface area contributed by atoms with Crippen molar-refractivity contribution in [2.45, 2.75) is 0 Å². The Morgan fingerprint density at radius 1 is 1.06 bits per heavy atom. The van der Waals surface area contributed by atoms with Crippen molar-refractivity contribution in [3.05, 3.63) is 58.6 Å². The van der Waals surface area contributed by atoms with Crippen molar-refractivity contribution >= 4 is 11.6 Å². The van der Waals surface area contributed by atoms with Gasteiger partial charge in [0.25, 0.3) is 0 Å². The predicted octanol–water partition coefficient (Wildman–Crippen LogP) is 2.81.